The maximum absolute atomic E-state index is 11.5. The number of rotatable bonds is 5. The van der Waals surface area contributed by atoms with E-state index in [2.05, 4.69) is 15.9 Å². The van der Waals surface area contributed by atoms with Crippen LogP contribution in [0.3, 0.4) is 0 Å². The van der Waals surface area contributed by atoms with Crippen molar-refractivity contribution in [2.45, 2.75) is 19.9 Å². The van der Waals surface area contributed by atoms with Gasteiger partial charge in [0, 0.05) is 13.5 Å². The minimum atomic E-state index is -1.06. The lowest BCUT2D eigenvalue weighted by Crippen LogP contribution is -2.37. The van der Waals surface area contributed by atoms with E-state index >= 15 is 0 Å². The average Bonchev–Trinajstić information content (AvgIpc) is 2.34. The Labute approximate surface area is 120 Å². The second kappa shape index (κ2) is 6.56. The van der Waals surface area contributed by atoms with Gasteiger partial charge in [-0.15, -0.1) is 0 Å². The third kappa shape index (κ3) is 3.47. The summed E-state index contributed by atoms with van der Waals surface area (Å²) in [5.74, 6) is -0.727. The van der Waals surface area contributed by atoms with Crippen molar-refractivity contribution in [3.63, 3.8) is 0 Å². The summed E-state index contributed by atoms with van der Waals surface area (Å²) in [4.78, 5) is 24.3. The summed E-state index contributed by atoms with van der Waals surface area (Å²) in [6.07, 6.45) is 0. The number of methoxy groups -OCH3 is 1. The lowest BCUT2D eigenvalue weighted by molar-refractivity contribution is -0.149. The van der Waals surface area contributed by atoms with Crippen molar-refractivity contribution in [2.24, 2.45) is 0 Å². The SMILES string of the molecule is CCN(C(C)=O)C(C(=O)O)c1ccc(OC)c(Br)c1. The summed E-state index contributed by atoms with van der Waals surface area (Å²) in [5.41, 5.74) is 0.525. The fourth-order valence-electron chi connectivity index (χ4n) is 1.90. The molecule has 0 heterocycles. The molecule has 0 aliphatic heterocycles. The number of ether oxygens (including phenoxy) is 1. The number of hydrogen-bond donors (Lipinski definition) is 1. The van der Waals surface area contributed by atoms with Gasteiger partial charge in [-0.1, -0.05) is 6.07 Å². The van der Waals surface area contributed by atoms with E-state index < -0.39 is 12.0 Å². The molecule has 1 N–H and O–H groups in total. The van der Waals surface area contributed by atoms with Gasteiger partial charge in [0.1, 0.15) is 5.75 Å². The van der Waals surface area contributed by atoms with Crippen molar-refractivity contribution < 1.29 is 19.4 Å². The molecule has 6 heteroatoms. The number of halogens is 1. The number of likely N-dealkylation sites (N-methyl/N-ethyl adjacent to an activating group) is 1. The van der Waals surface area contributed by atoms with E-state index in [4.69, 9.17) is 4.74 Å². The number of benzene rings is 1. The molecule has 0 saturated carbocycles. The average molecular weight is 330 g/mol. The molecule has 0 aliphatic rings. The van der Waals surface area contributed by atoms with E-state index in [0.717, 1.165) is 0 Å². The van der Waals surface area contributed by atoms with E-state index in [-0.39, 0.29) is 5.91 Å². The van der Waals surface area contributed by atoms with Gasteiger partial charge in [-0.25, -0.2) is 4.79 Å². The molecule has 0 fully saturated rings. The van der Waals surface area contributed by atoms with Crippen LogP contribution in [0, 0.1) is 0 Å². The molecule has 0 saturated heterocycles. The zero-order chi connectivity index (χ0) is 14.6. The zero-order valence-electron chi connectivity index (χ0n) is 11.0. The molecule has 1 atom stereocenters. The van der Waals surface area contributed by atoms with Crippen LogP contribution in [0.25, 0.3) is 0 Å². The summed E-state index contributed by atoms with van der Waals surface area (Å²) >= 11 is 3.31. The Morgan fingerprint density at radius 2 is 2.11 bits per heavy atom. The van der Waals surface area contributed by atoms with Crippen LogP contribution in [0.4, 0.5) is 0 Å². The van der Waals surface area contributed by atoms with Crippen LogP contribution in [0.1, 0.15) is 25.5 Å². The van der Waals surface area contributed by atoms with Gasteiger partial charge < -0.3 is 14.7 Å². The minimum Gasteiger partial charge on any atom is -0.496 e. The maximum Gasteiger partial charge on any atom is 0.331 e. The molecular weight excluding hydrogens is 314 g/mol. The Bertz CT molecular complexity index is 490. The molecule has 5 nitrogen and oxygen atoms in total. The molecule has 0 radical (unpaired) electrons. The molecule has 0 aromatic heterocycles. The summed E-state index contributed by atoms with van der Waals surface area (Å²) in [7, 11) is 1.53. The summed E-state index contributed by atoms with van der Waals surface area (Å²) in [6.45, 7) is 3.43. The van der Waals surface area contributed by atoms with Crippen molar-refractivity contribution in [1.82, 2.24) is 4.90 Å². The number of nitrogens with zero attached hydrogens (tertiary/aromatic N) is 1. The number of carboxylic acids is 1. The van der Waals surface area contributed by atoms with Gasteiger partial charge in [0.2, 0.25) is 5.91 Å². The van der Waals surface area contributed by atoms with Gasteiger partial charge in [-0.3, -0.25) is 4.79 Å². The second-order valence-corrected chi connectivity index (χ2v) is 4.79. The Morgan fingerprint density at radius 1 is 1.47 bits per heavy atom. The molecular formula is C13H16BrNO4. The first kappa shape index (κ1) is 15.5. The van der Waals surface area contributed by atoms with Gasteiger partial charge in [-0.05, 0) is 40.5 Å². The lowest BCUT2D eigenvalue weighted by Gasteiger charge is -2.27. The maximum atomic E-state index is 11.5. The molecule has 1 unspecified atom stereocenters. The molecule has 1 aromatic rings. The normalized spacial score (nSPS) is 11.8. The molecule has 1 aromatic carbocycles. The highest BCUT2D eigenvalue weighted by molar-refractivity contribution is 9.10. The first-order valence-electron chi connectivity index (χ1n) is 5.75. The fraction of sp³-hybridized carbons (Fsp3) is 0.385. The van der Waals surface area contributed by atoms with Crippen molar-refractivity contribution >= 4 is 27.8 Å². The molecule has 0 spiro atoms. The largest absolute Gasteiger partial charge is 0.496 e. The smallest absolute Gasteiger partial charge is 0.331 e. The Morgan fingerprint density at radius 3 is 2.47 bits per heavy atom. The predicted octanol–water partition coefficient (Wildman–Crippen LogP) is 2.45. The van der Waals surface area contributed by atoms with E-state index in [1.807, 2.05) is 0 Å². The topological polar surface area (TPSA) is 66.8 Å². The molecule has 104 valence electrons. The van der Waals surface area contributed by atoms with Gasteiger partial charge in [0.05, 0.1) is 11.6 Å². The summed E-state index contributed by atoms with van der Waals surface area (Å²) < 4.78 is 5.75. The van der Waals surface area contributed by atoms with Crippen LogP contribution in [0.5, 0.6) is 5.75 Å². The van der Waals surface area contributed by atoms with Crippen LogP contribution >= 0.6 is 15.9 Å². The number of carboxylic acid groups (broad SMARTS) is 1. The van der Waals surface area contributed by atoms with Gasteiger partial charge in [0.15, 0.2) is 6.04 Å². The highest BCUT2D eigenvalue weighted by atomic mass is 79.9. The van der Waals surface area contributed by atoms with Crippen molar-refractivity contribution in [3.05, 3.63) is 28.2 Å². The number of aliphatic carboxylic acids is 1. The highest BCUT2D eigenvalue weighted by Gasteiger charge is 2.28. The van der Waals surface area contributed by atoms with Crippen LogP contribution in [0.2, 0.25) is 0 Å². The first-order valence-corrected chi connectivity index (χ1v) is 6.55. The van der Waals surface area contributed by atoms with Crippen molar-refractivity contribution in [1.29, 1.82) is 0 Å². The number of carbonyl (C=O) groups is 2. The number of carbonyl (C=O) groups excluding carboxylic acids is 1. The summed E-state index contributed by atoms with van der Waals surface area (Å²) in [5, 5.41) is 9.35. The minimum absolute atomic E-state index is 0.276. The summed E-state index contributed by atoms with van der Waals surface area (Å²) in [6, 6.07) is 3.98. The molecule has 1 rings (SSSR count). The van der Waals surface area contributed by atoms with Crippen molar-refractivity contribution in [2.75, 3.05) is 13.7 Å². The third-order valence-corrected chi connectivity index (χ3v) is 3.40. The van der Waals surface area contributed by atoms with E-state index in [1.165, 1.54) is 18.9 Å². The Hall–Kier alpha value is -1.56. The van der Waals surface area contributed by atoms with E-state index in [1.54, 1.807) is 25.1 Å². The Balaban J connectivity index is 3.23. The monoisotopic (exact) mass is 329 g/mol. The van der Waals surface area contributed by atoms with Crippen LogP contribution in [-0.4, -0.2) is 35.5 Å². The second-order valence-electron chi connectivity index (χ2n) is 3.94. The lowest BCUT2D eigenvalue weighted by atomic mass is 10.0. The third-order valence-electron chi connectivity index (χ3n) is 2.78. The van der Waals surface area contributed by atoms with Gasteiger partial charge in [0.25, 0.3) is 0 Å². The number of amides is 1. The van der Waals surface area contributed by atoms with E-state index in [9.17, 15) is 14.7 Å². The highest BCUT2D eigenvalue weighted by Crippen LogP contribution is 2.30. The molecule has 1 amide bonds. The molecule has 0 bridgehead atoms. The van der Waals surface area contributed by atoms with Gasteiger partial charge in [-0.2, -0.15) is 0 Å². The van der Waals surface area contributed by atoms with Crippen LogP contribution in [-0.2, 0) is 9.59 Å². The molecule has 19 heavy (non-hydrogen) atoms. The van der Waals surface area contributed by atoms with E-state index in [0.29, 0.717) is 22.3 Å². The number of hydrogen-bond acceptors (Lipinski definition) is 3. The zero-order valence-corrected chi connectivity index (χ0v) is 12.6. The standard InChI is InChI=1S/C13H16BrNO4/c1-4-15(8(2)16)12(13(17)18)9-5-6-11(19-3)10(14)7-9/h5-7,12H,4H2,1-3H3,(H,17,18). The van der Waals surface area contributed by atoms with Crippen molar-refractivity contribution in [3.8, 4) is 5.75 Å². The fourth-order valence-corrected chi connectivity index (χ4v) is 2.45. The quantitative estimate of drug-likeness (QED) is 0.901. The van der Waals surface area contributed by atoms with Gasteiger partial charge >= 0.3 is 5.97 Å². The van der Waals surface area contributed by atoms with Crippen LogP contribution in [0.15, 0.2) is 22.7 Å². The van der Waals surface area contributed by atoms with Crippen LogP contribution < -0.4 is 4.74 Å². The predicted molar refractivity (Wildman–Crippen MR) is 74.1 cm³/mol. The Kier molecular flexibility index (Phi) is 5.35. The molecule has 0 aliphatic carbocycles. The first-order chi connectivity index (χ1) is 8.92.